The topological polar surface area (TPSA) is 60.8 Å². The van der Waals surface area contributed by atoms with Gasteiger partial charge in [0.2, 0.25) is 0 Å². The number of likely N-dealkylation sites (tertiary alicyclic amines) is 1. The Kier molecular flexibility index (Phi) is 3.41. The number of hydrogen-bond acceptors (Lipinski definition) is 3. The van der Waals surface area contributed by atoms with E-state index >= 15 is 0 Å². The molecule has 4 nitrogen and oxygen atoms in total. The van der Waals surface area contributed by atoms with Crippen molar-refractivity contribution in [2.45, 2.75) is 39.3 Å². The van der Waals surface area contributed by atoms with Crippen molar-refractivity contribution in [2.24, 2.45) is 11.8 Å². The highest BCUT2D eigenvalue weighted by Crippen LogP contribution is 2.31. The molecule has 1 aliphatic rings. The fourth-order valence-electron chi connectivity index (χ4n) is 1.83. The smallest absolute Gasteiger partial charge is 0.307 e. The van der Waals surface area contributed by atoms with Crippen molar-refractivity contribution in [1.29, 1.82) is 0 Å². The molecule has 88 valence electrons. The van der Waals surface area contributed by atoms with Crippen molar-refractivity contribution in [3.8, 4) is 0 Å². The van der Waals surface area contributed by atoms with E-state index in [1.165, 1.54) is 0 Å². The van der Waals surface area contributed by atoms with Gasteiger partial charge in [-0.15, -0.1) is 0 Å². The van der Waals surface area contributed by atoms with Gasteiger partial charge < -0.3 is 10.2 Å². The summed E-state index contributed by atoms with van der Waals surface area (Å²) in [5, 5.41) is 18.9. The van der Waals surface area contributed by atoms with Gasteiger partial charge in [0, 0.05) is 19.1 Å². The molecule has 0 bridgehead atoms. The second kappa shape index (κ2) is 4.10. The molecule has 0 spiro atoms. The molecular formula is C11H21NO3. The van der Waals surface area contributed by atoms with E-state index in [1.807, 2.05) is 25.7 Å². The molecule has 4 heteroatoms. The molecule has 0 aromatic carbocycles. The number of aliphatic carboxylic acids is 1. The number of β-amino-alcohol motifs (C(OH)–C–C–N with tert-alkyl or cyclic N) is 1. The molecule has 0 saturated carbocycles. The normalized spacial score (nSPS) is 24.7. The minimum Gasteiger partial charge on any atom is -0.481 e. The number of carboxylic acid groups (broad SMARTS) is 1. The first-order chi connectivity index (χ1) is 6.78. The molecule has 0 radical (unpaired) electrons. The third kappa shape index (κ3) is 2.32. The molecular weight excluding hydrogens is 194 g/mol. The number of carboxylic acids is 1. The molecule has 1 fully saturated rings. The molecule has 0 amide bonds. The Morgan fingerprint density at radius 3 is 2.07 bits per heavy atom. The van der Waals surface area contributed by atoms with Gasteiger partial charge in [0.1, 0.15) is 0 Å². The Balaban J connectivity index is 2.48. The van der Waals surface area contributed by atoms with E-state index in [1.54, 1.807) is 6.92 Å². The van der Waals surface area contributed by atoms with Gasteiger partial charge in [0.15, 0.2) is 0 Å². The molecule has 0 aromatic rings. The highest BCUT2D eigenvalue weighted by Gasteiger charge is 2.46. The molecule has 2 N–H and O–H groups in total. The molecule has 1 saturated heterocycles. The summed E-state index contributed by atoms with van der Waals surface area (Å²) in [6.45, 7) is 8.76. The van der Waals surface area contributed by atoms with E-state index in [0.717, 1.165) is 0 Å². The average molecular weight is 215 g/mol. The summed E-state index contributed by atoms with van der Waals surface area (Å²) in [5.41, 5.74) is -0.619. The summed E-state index contributed by atoms with van der Waals surface area (Å²) in [4.78, 5) is 12.8. The summed E-state index contributed by atoms with van der Waals surface area (Å²) in [7, 11) is 0. The highest BCUT2D eigenvalue weighted by molar-refractivity contribution is 5.70. The largest absolute Gasteiger partial charge is 0.481 e. The number of nitrogens with zero attached hydrogens (tertiary/aromatic N) is 1. The van der Waals surface area contributed by atoms with Crippen LogP contribution in [-0.4, -0.2) is 45.8 Å². The van der Waals surface area contributed by atoms with E-state index in [-0.39, 0.29) is 17.9 Å². The monoisotopic (exact) mass is 215 g/mol. The lowest BCUT2D eigenvalue weighted by Gasteiger charge is -2.52. The van der Waals surface area contributed by atoms with Gasteiger partial charge >= 0.3 is 5.97 Å². The van der Waals surface area contributed by atoms with Crippen LogP contribution >= 0.6 is 0 Å². The van der Waals surface area contributed by atoms with Crippen LogP contribution in [0.25, 0.3) is 0 Å². The van der Waals surface area contributed by atoms with Crippen molar-refractivity contribution in [1.82, 2.24) is 4.90 Å². The van der Waals surface area contributed by atoms with Gasteiger partial charge in [-0.25, -0.2) is 0 Å². The van der Waals surface area contributed by atoms with E-state index in [4.69, 9.17) is 5.11 Å². The zero-order chi connectivity index (χ0) is 11.8. The van der Waals surface area contributed by atoms with E-state index in [9.17, 15) is 9.90 Å². The summed E-state index contributed by atoms with van der Waals surface area (Å²) in [6, 6.07) is -0.0125. The van der Waals surface area contributed by atoms with Crippen molar-refractivity contribution in [3.63, 3.8) is 0 Å². The second-order valence-electron chi connectivity index (χ2n) is 5.03. The van der Waals surface area contributed by atoms with Crippen LogP contribution in [0.4, 0.5) is 0 Å². The highest BCUT2D eigenvalue weighted by atomic mass is 16.4. The lowest BCUT2D eigenvalue weighted by molar-refractivity contribution is -0.160. The standard InChI is InChI=1S/C11H21NO3/c1-7(2)11(15)5-12(6-11)9(4)8(3)10(13)14/h7-9,15H,5-6H2,1-4H3,(H,13,14). The molecule has 15 heavy (non-hydrogen) atoms. The van der Waals surface area contributed by atoms with Crippen molar-refractivity contribution >= 4 is 5.97 Å². The number of hydrogen-bond donors (Lipinski definition) is 2. The van der Waals surface area contributed by atoms with Crippen LogP contribution in [0.3, 0.4) is 0 Å². The maximum atomic E-state index is 10.8. The fraction of sp³-hybridized carbons (Fsp3) is 0.909. The average Bonchev–Trinajstić information content (AvgIpc) is 2.09. The van der Waals surface area contributed by atoms with Crippen molar-refractivity contribution < 1.29 is 15.0 Å². The van der Waals surface area contributed by atoms with Gasteiger partial charge in [-0.05, 0) is 12.8 Å². The van der Waals surface area contributed by atoms with E-state index < -0.39 is 11.6 Å². The molecule has 1 aliphatic heterocycles. The van der Waals surface area contributed by atoms with Gasteiger partial charge in [0.05, 0.1) is 11.5 Å². The predicted octanol–water partition coefficient (Wildman–Crippen LogP) is 0.798. The van der Waals surface area contributed by atoms with Gasteiger partial charge in [-0.1, -0.05) is 20.8 Å². The first-order valence-electron chi connectivity index (χ1n) is 5.47. The summed E-state index contributed by atoms with van der Waals surface area (Å²) in [5.74, 6) is -0.940. The zero-order valence-electron chi connectivity index (χ0n) is 9.90. The van der Waals surface area contributed by atoms with Crippen molar-refractivity contribution in [3.05, 3.63) is 0 Å². The minimum atomic E-state index is -0.775. The van der Waals surface area contributed by atoms with Crippen molar-refractivity contribution in [2.75, 3.05) is 13.1 Å². The minimum absolute atomic E-state index is 0.0125. The number of aliphatic hydroxyl groups is 1. The Labute approximate surface area is 90.9 Å². The lowest BCUT2D eigenvalue weighted by Crippen LogP contribution is -2.67. The Morgan fingerprint density at radius 2 is 1.73 bits per heavy atom. The van der Waals surface area contributed by atoms with Crippen LogP contribution < -0.4 is 0 Å². The zero-order valence-corrected chi connectivity index (χ0v) is 9.90. The third-order valence-corrected chi connectivity index (χ3v) is 3.72. The predicted molar refractivity (Wildman–Crippen MR) is 57.6 cm³/mol. The van der Waals surface area contributed by atoms with Gasteiger partial charge in [-0.2, -0.15) is 0 Å². The number of carbonyl (C=O) groups is 1. The van der Waals surface area contributed by atoms with Crippen LogP contribution in [-0.2, 0) is 4.79 Å². The van der Waals surface area contributed by atoms with Gasteiger partial charge in [0.25, 0.3) is 0 Å². The van der Waals surface area contributed by atoms with Crippen LogP contribution in [0, 0.1) is 11.8 Å². The first kappa shape index (κ1) is 12.5. The Hall–Kier alpha value is -0.610. The number of rotatable bonds is 4. The summed E-state index contributed by atoms with van der Waals surface area (Å²) < 4.78 is 0. The Bertz CT molecular complexity index is 246. The summed E-state index contributed by atoms with van der Waals surface area (Å²) in [6.07, 6.45) is 0. The lowest BCUT2D eigenvalue weighted by atomic mass is 9.81. The van der Waals surface area contributed by atoms with Crippen LogP contribution in [0.15, 0.2) is 0 Å². The van der Waals surface area contributed by atoms with E-state index in [0.29, 0.717) is 13.1 Å². The second-order valence-corrected chi connectivity index (χ2v) is 5.03. The van der Waals surface area contributed by atoms with Crippen LogP contribution in [0.5, 0.6) is 0 Å². The Morgan fingerprint density at radius 1 is 1.27 bits per heavy atom. The summed E-state index contributed by atoms with van der Waals surface area (Å²) >= 11 is 0. The van der Waals surface area contributed by atoms with Crippen LogP contribution in [0.1, 0.15) is 27.7 Å². The molecule has 0 aromatic heterocycles. The quantitative estimate of drug-likeness (QED) is 0.728. The SMILES string of the molecule is CC(C(=O)O)C(C)N1CC(O)(C(C)C)C1. The maximum absolute atomic E-state index is 10.8. The molecule has 2 atom stereocenters. The first-order valence-corrected chi connectivity index (χ1v) is 5.47. The molecule has 1 rings (SSSR count). The third-order valence-electron chi connectivity index (χ3n) is 3.72. The van der Waals surface area contributed by atoms with Gasteiger partial charge in [-0.3, -0.25) is 9.69 Å². The maximum Gasteiger partial charge on any atom is 0.307 e. The molecule has 2 unspecified atom stereocenters. The van der Waals surface area contributed by atoms with Crippen LogP contribution in [0.2, 0.25) is 0 Å². The fourth-order valence-corrected chi connectivity index (χ4v) is 1.83. The molecule has 1 heterocycles. The molecule has 0 aliphatic carbocycles. The van der Waals surface area contributed by atoms with E-state index in [2.05, 4.69) is 0 Å².